The lowest BCUT2D eigenvalue weighted by Gasteiger charge is -2.15. The Bertz CT molecular complexity index is 1300. The van der Waals surface area contributed by atoms with Gasteiger partial charge in [-0.2, -0.15) is 0 Å². The number of aliphatic hydroxyl groups excluding tert-OH is 1. The molecule has 60 heavy (non-hydrogen) atoms. The average molecular weight is 827 g/mol. The predicted molar refractivity (Wildman–Crippen MR) is 260 cm³/mol. The van der Waals surface area contributed by atoms with Crippen LogP contribution in [0.2, 0.25) is 0 Å². The molecule has 0 rings (SSSR count). The molecule has 0 saturated heterocycles. The van der Waals surface area contributed by atoms with Crippen LogP contribution in [0.4, 0.5) is 0 Å². The zero-order valence-electron chi connectivity index (χ0n) is 38.2. The van der Waals surface area contributed by atoms with E-state index in [4.69, 9.17) is 9.47 Å². The van der Waals surface area contributed by atoms with Crippen molar-refractivity contribution in [1.29, 1.82) is 0 Å². The number of hydrogen-bond donors (Lipinski definition) is 1. The number of aliphatic hydroxyl groups is 1. The van der Waals surface area contributed by atoms with E-state index in [1.807, 2.05) is 0 Å². The van der Waals surface area contributed by atoms with Gasteiger partial charge in [0.2, 0.25) is 0 Å². The van der Waals surface area contributed by atoms with Crippen LogP contribution in [0.15, 0.2) is 134 Å². The fourth-order valence-corrected chi connectivity index (χ4v) is 5.91. The number of esters is 2. The fourth-order valence-electron chi connectivity index (χ4n) is 5.91. The van der Waals surface area contributed by atoms with Gasteiger partial charge in [-0.3, -0.25) is 9.59 Å². The fraction of sp³-hybridized carbons (Fsp3) is 0.564. The number of rotatable bonds is 41. The summed E-state index contributed by atoms with van der Waals surface area (Å²) in [6.45, 7) is 3.95. The molecule has 0 aliphatic rings. The molecule has 5 nitrogen and oxygen atoms in total. The first-order chi connectivity index (χ1) is 29.6. The van der Waals surface area contributed by atoms with E-state index in [1.54, 1.807) is 0 Å². The summed E-state index contributed by atoms with van der Waals surface area (Å²) in [4.78, 5) is 24.2. The Labute approximate surface area is 368 Å². The van der Waals surface area contributed by atoms with Crippen LogP contribution >= 0.6 is 0 Å². The molecule has 1 unspecified atom stereocenters. The molecular formula is C55H86O5. The molecule has 0 aromatic heterocycles. The van der Waals surface area contributed by atoms with Crippen LogP contribution < -0.4 is 0 Å². The Kier molecular flexibility index (Phi) is 46.1. The second-order valence-corrected chi connectivity index (χ2v) is 15.1. The first-order valence-electron chi connectivity index (χ1n) is 23.7. The van der Waals surface area contributed by atoms with Crippen molar-refractivity contribution in [3.63, 3.8) is 0 Å². The molecular weight excluding hydrogens is 741 g/mol. The van der Waals surface area contributed by atoms with Gasteiger partial charge in [-0.05, 0) is 96.3 Å². The van der Waals surface area contributed by atoms with Gasteiger partial charge < -0.3 is 14.6 Å². The monoisotopic (exact) mass is 827 g/mol. The lowest BCUT2D eigenvalue weighted by atomic mass is 10.1. The van der Waals surface area contributed by atoms with E-state index in [9.17, 15) is 14.7 Å². The minimum Gasteiger partial charge on any atom is -0.462 e. The van der Waals surface area contributed by atoms with E-state index >= 15 is 0 Å². The SMILES string of the molecule is CC/C=C\C/C=C\C/C=C\C/C=C\C/C=C\C/C=C\C/C=C\C/C=C\C/C=C\C/C=C\C/C=C\CCCCCC(=O)OC(CO)COC(=O)CCCCCCCCCCC. The smallest absolute Gasteiger partial charge is 0.306 e. The maximum atomic E-state index is 12.2. The molecule has 0 aliphatic heterocycles. The van der Waals surface area contributed by atoms with Gasteiger partial charge in [0.25, 0.3) is 0 Å². The molecule has 0 fully saturated rings. The second-order valence-electron chi connectivity index (χ2n) is 15.1. The molecule has 0 aliphatic carbocycles. The molecule has 0 aromatic carbocycles. The van der Waals surface area contributed by atoms with E-state index in [1.165, 1.54) is 38.5 Å². The molecule has 0 amide bonds. The number of unbranched alkanes of at least 4 members (excludes halogenated alkanes) is 11. The zero-order valence-corrected chi connectivity index (χ0v) is 38.2. The van der Waals surface area contributed by atoms with Crippen molar-refractivity contribution < 1.29 is 24.2 Å². The molecule has 1 atom stereocenters. The molecule has 0 bridgehead atoms. The Morgan fingerprint density at radius 1 is 0.400 bits per heavy atom. The van der Waals surface area contributed by atoms with Crippen LogP contribution in [-0.4, -0.2) is 36.4 Å². The van der Waals surface area contributed by atoms with Crippen molar-refractivity contribution in [2.24, 2.45) is 0 Å². The molecule has 5 heteroatoms. The standard InChI is InChI=1S/C55H86O5/c1-3-5-7-9-11-13-14-15-16-17-18-19-20-21-22-23-24-25-26-27-28-29-30-31-32-33-34-35-36-37-38-39-40-42-44-46-48-50-55(58)60-53(51-56)52-59-54(57)49-47-45-43-41-12-10-8-6-4-2/h5,7,11,13,15-16,18-19,21-22,24-25,27-28,30-31,33-34,36-37,39-40,53,56H,3-4,6,8-10,12,14,17,20,23,26,29,32,35,38,41-52H2,1-2H3/b7-5-,13-11-,16-15-,19-18-,22-21-,25-24-,28-27-,31-30-,34-33-,37-36-,40-39-. The Morgan fingerprint density at radius 2 is 0.717 bits per heavy atom. The highest BCUT2D eigenvalue weighted by Gasteiger charge is 2.16. The van der Waals surface area contributed by atoms with Crippen molar-refractivity contribution in [1.82, 2.24) is 0 Å². The van der Waals surface area contributed by atoms with E-state index in [2.05, 4.69) is 148 Å². The molecule has 336 valence electrons. The lowest BCUT2D eigenvalue weighted by Crippen LogP contribution is -2.28. The van der Waals surface area contributed by atoms with Crippen molar-refractivity contribution in [3.05, 3.63) is 134 Å². The van der Waals surface area contributed by atoms with Gasteiger partial charge in [-0.1, -0.05) is 205 Å². The summed E-state index contributed by atoms with van der Waals surface area (Å²) in [6, 6.07) is 0. The molecule has 0 spiro atoms. The first kappa shape index (κ1) is 56.0. The third kappa shape index (κ3) is 46.7. The third-order valence-corrected chi connectivity index (χ3v) is 9.46. The van der Waals surface area contributed by atoms with Gasteiger partial charge in [0.1, 0.15) is 6.61 Å². The molecule has 0 aromatic rings. The minimum absolute atomic E-state index is 0.0862. The number of carbonyl (C=O) groups excluding carboxylic acids is 2. The maximum absolute atomic E-state index is 12.2. The summed E-state index contributed by atoms with van der Waals surface area (Å²) in [6.07, 6.45) is 74.0. The van der Waals surface area contributed by atoms with Gasteiger partial charge in [-0.15, -0.1) is 0 Å². The maximum Gasteiger partial charge on any atom is 0.306 e. The highest BCUT2D eigenvalue weighted by Crippen LogP contribution is 2.12. The highest BCUT2D eigenvalue weighted by molar-refractivity contribution is 5.70. The number of hydrogen-bond acceptors (Lipinski definition) is 5. The highest BCUT2D eigenvalue weighted by atomic mass is 16.6. The summed E-state index contributed by atoms with van der Waals surface area (Å²) in [7, 11) is 0. The Balaban J connectivity index is 3.70. The van der Waals surface area contributed by atoms with Gasteiger partial charge in [-0.25, -0.2) is 0 Å². The molecule has 0 radical (unpaired) electrons. The summed E-state index contributed by atoms with van der Waals surface area (Å²) in [5.41, 5.74) is 0. The third-order valence-electron chi connectivity index (χ3n) is 9.46. The van der Waals surface area contributed by atoms with Crippen LogP contribution in [-0.2, 0) is 19.1 Å². The van der Waals surface area contributed by atoms with Crippen LogP contribution in [0.1, 0.15) is 181 Å². The van der Waals surface area contributed by atoms with Gasteiger partial charge in [0.15, 0.2) is 6.10 Å². The first-order valence-corrected chi connectivity index (χ1v) is 23.7. The topological polar surface area (TPSA) is 72.8 Å². The van der Waals surface area contributed by atoms with Crippen molar-refractivity contribution >= 4 is 11.9 Å². The lowest BCUT2D eigenvalue weighted by molar-refractivity contribution is -0.161. The largest absolute Gasteiger partial charge is 0.462 e. The quantitative estimate of drug-likeness (QED) is 0.0378. The van der Waals surface area contributed by atoms with Crippen LogP contribution in [0.25, 0.3) is 0 Å². The van der Waals surface area contributed by atoms with Crippen molar-refractivity contribution in [2.75, 3.05) is 13.2 Å². The minimum atomic E-state index is -0.795. The zero-order chi connectivity index (χ0) is 43.5. The summed E-state index contributed by atoms with van der Waals surface area (Å²) < 4.78 is 10.6. The predicted octanol–water partition coefficient (Wildman–Crippen LogP) is 15.7. The Hall–Kier alpha value is -3.96. The molecule has 0 saturated carbocycles. The second kappa shape index (κ2) is 49.4. The summed E-state index contributed by atoms with van der Waals surface area (Å²) in [5.74, 6) is -0.643. The normalized spacial score (nSPS) is 13.4. The van der Waals surface area contributed by atoms with E-state index in [0.29, 0.717) is 12.8 Å². The van der Waals surface area contributed by atoms with Crippen molar-refractivity contribution in [2.45, 2.75) is 187 Å². The van der Waals surface area contributed by atoms with E-state index < -0.39 is 6.10 Å². The van der Waals surface area contributed by atoms with Gasteiger partial charge in [0.05, 0.1) is 6.61 Å². The van der Waals surface area contributed by atoms with Crippen LogP contribution in [0, 0.1) is 0 Å². The van der Waals surface area contributed by atoms with E-state index in [-0.39, 0.29) is 25.2 Å². The Morgan fingerprint density at radius 3 is 1.08 bits per heavy atom. The van der Waals surface area contributed by atoms with Crippen LogP contribution in [0.5, 0.6) is 0 Å². The molecule has 0 heterocycles. The average Bonchev–Trinajstić information content (AvgIpc) is 3.25. The number of allylic oxidation sites excluding steroid dienone is 22. The number of ether oxygens (including phenoxy) is 2. The van der Waals surface area contributed by atoms with Gasteiger partial charge in [0, 0.05) is 12.8 Å². The molecule has 1 N–H and O–H groups in total. The van der Waals surface area contributed by atoms with Crippen LogP contribution in [0.3, 0.4) is 0 Å². The summed E-state index contributed by atoms with van der Waals surface area (Å²) >= 11 is 0. The number of carbonyl (C=O) groups is 2. The van der Waals surface area contributed by atoms with Crippen molar-refractivity contribution in [3.8, 4) is 0 Å². The van der Waals surface area contributed by atoms with Gasteiger partial charge >= 0.3 is 11.9 Å². The summed E-state index contributed by atoms with van der Waals surface area (Å²) in [5, 5.41) is 9.55. The van der Waals surface area contributed by atoms with E-state index in [0.717, 1.165) is 116 Å².